The number of benzene rings is 1. The molecule has 2 nitrogen and oxygen atoms in total. The molecule has 0 fully saturated rings. The van der Waals surface area contributed by atoms with E-state index in [9.17, 15) is 0 Å². The van der Waals surface area contributed by atoms with E-state index in [0.29, 0.717) is 0 Å². The van der Waals surface area contributed by atoms with E-state index in [1.54, 1.807) is 6.92 Å². The van der Waals surface area contributed by atoms with Crippen LogP contribution in [0.1, 0.15) is 12.5 Å². The van der Waals surface area contributed by atoms with Crippen LogP contribution < -0.4 is 0 Å². The Bertz CT molecular complexity index is 167. The Hall–Kier alpha value is -0.280. The Labute approximate surface area is 95.8 Å². The summed E-state index contributed by atoms with van der Waals surface area (Å²) in [5.41, 5.74) is 1.32. The maximum absolute atomic E-state index is 7.57. The number of hydrogen-bond donors (Lipinski definition) is 1. The van der Waals surface area contributed by atoms with Crippen molar-refractivity contribution in [3.63, 3.8) is 0 Å². The summed E-state index contributed by atoms with van der Waals surface area (Å²) in [6.45, 7) is 4.01. The monoisotopic (exact) mass is 240 g/mol. The highest BCUT2D eigenvalue weighted by atomic mass is 35.5. The van der Waals surface area contributed by atoms with Crippen LogP contribution in [0.3, 0.4) is 0 Å². The summed E-state index contributed by atoms with van der Waals surface area (Å²) in [6, 6.07) is 10.3. The van der Waals surface area contributed by atoms with Crippen LogP contribution in [0.25, 0.3) is 0 Å². The van der Waals surface area contributed by atoms with E-state index in [-0.39, 0.29) is 17.4 Å². The first-order chi connectivity index (χ1) is 6.22. The molecule has 84 valence electrons. The minimum Gasteiger partial charge on any atom is -0.412 e. The predicted octanol–water partition coefficient (Wildman–Crippen LogP) is 2.59. The highest BCUT2D eigenvalue weighted by Gasteiger charge is 1.72. The van der Waals surface area contributed by atoms with Crippen LogP contribution in [0, 0.1) is 6.92 Å². The quantitative estimate of drug-likeness (QED) is 0.697. The van der Waals surface area contributed by atoms with Crippen molar-refractivity contribution < 1.29 is 10.6 Å². The molecule has 1 rings (SSSR count). The van der Waals surface area contributed by atoms with Gasteiger partial charge in [0.05, 0.1) is 5.34 Å². The Kier molecular flexibility index (Phi) is 25.5. The zero-order valence-corrected chi connectivity index (χ0v) is 10.0. The molecule has 3 N–H and O–H groups in total. The van der Waals surface area contributed by atoms with Crippen molar-refractivity contribution in [1.29, 1.82) is 0 Å². The molecule has 0 saturated carbocycles. The predicted molar refractivity (Wildman–Crippen MR) is 64.1 cm³/mol. The standard InChI is InChI=1S/C7H8.C2H6O.CH2Cl2.H2O/c1-7-5-3-2-4-6-7;1-2-3;2-1-3;/h2-6H,1H3;3H,2H2,1H3;1H2;1H2. The summed E-state index contributed by atoms with van der Waals surface area (Å²) in [7, 11) is 0. The Morgan fingerprint density at radius 1 is 1.14 bits per heavy atom. The zero-order chi connectivity index (χ0) is 10.5. The minimum atomic E-state index is 0. The number of aliphatic hydroxyl groups is 1. The van der Waals surface area contributed by atoms with E-state index < -0.39 is 0 Å². The molecule has 0 aromatic heterocycles. The van der Waals surface area contributed by atoms with Crippen LogP contribution in [0.5, 0.6) is 0 Å². The van der Waals surface area contributed by atoms with Crippen molar-refractivity contribution >= 4 is 23.2 Å². The molecule has 0 aliphatic carbocycles. The van der Waals surface area contributed by atoms with Crippen molar-refractivity contribution in [2.24, 2.45) is 0 Å². The lowest BCUT2D eigenvalue weighted by molar-refractivity contribution is 0.318. The number of alkyl halides is 2. The van der Waals surface area contributed by atoms with E-state index in [4.69, 9.17) is 28.3 Å². The highest BCUT2D eigenvalue weighted by molar-refractivity contribution is 6.40. The fraction of sp³-hybridized carbons (Fsp3) is 0.400. The SMILES string of the molecule is CCO.Cc1ccccc1.ClCCl.O. The molecule has 14 heavy (non-hydrogen) atoms. The van der Waals surface area contributed by atoms with Gasteiger partial charge in [-0.15, -0.1) is 23.2 Å². The van der Waals surface area contributed by atoms with Gasteiger partial charge in [0.15, 0.2) is 0 Å². The lowest BCUT2D eigenvalue weighted by atomic mass is 10.2. The molecule has 0 atom stereocenters. The van der Waals surface area contributed by atoms with Gasteiger partial charge in [0.1, 0.15) is 0 Å². The lowest BCUT2D eigenvalue weighted by Crippen LogP contribution is -1.62. The van der Waals surface area contributed by atoms with Crippen LogP contribution in [0.2, 0.25) is 0 Å². The normalized spacial score (nSPS) is 6.93. The van der Waals surface area contributed by atoms with Gasteiger partial charge in [-0.05, 0) is 13.8 Å². The van der Waals surface area contributed by atoms with Crippen LogP contribution in [0.4, 0.5) is 0 Å². The number of aryl methyl sites for hydroxylation is 1. The van der Waals surface area contributed by atoms with Crippen LogP contribution in [0.15, 0.2) is 30.3 Å². The van der Waals surface area contributed by atoms with E-state index in [1.807, 2.05) is 18.2 Å². The molecule has 0 bridgehead atoms. The summed E-state index contributed by atoms with van der Waals surface area (Å²) in [4.78, 5) is 0. The molecule has 0 amide bonds. The van der Waals surface area contributed by atoms with Crippen molar-refractivity contribution in [2.75, 3.05) is 11.9 Å². The third kappa shape index (κ3) is 22.6. The number of rotatable bonds is 0. The first-order valence-corrected chi connectivity index (χ1v) is 5.04. The van der Waals surface area contributed by atoms with Crippen molar-refractivity contribution in [1.82, 2.24) is 0 Å². The molecular weight excluding hydrogens is 223 g/mol. The third-order valence-corrected chi connectivity index (χ3v) is 0.940. The topological polar surface area (TPSA) is 51.7 Å². The largest absolute Gasteiger partial charge is 0.412 e. The van der Waals surface area contributed by atoms with E-state index in [0.717, 1.165) is 0 Å². The van der Waals surface area contributed by atoms with Gasteiger partial charge in [0.2, 0.25) is 0 Å². The maximum Gasteiger partial charge on any atom is 0.0967 e. The van der Waals surface area contributed by atoms with Gasteiger partial charge in [-0.2, -0.15) is 0 Å². The summed E-state index contributed by atoms with van der Waals surface area (Å²) >= 11 is 9.53. The molecule has 1 aromatic carbocycles. The van der Waals surface area contributed by atoms with Crippen LogP contribution in [-0.4, -0.2) is 22.5 Å². The second-order valence-corrected chi connectivity index (χ2v) is 2.88. The van der Waals surface area contributed by atoms with Gasteiger partial charge in [-0.25, -0.2) is 0 Å². The van der Waals surface area contributed by atoms with Crippen LogP contribution >= 0.6 is 23.2 Å². The Morgan fingerprint density at radius 3 is 1.57 bits per heavy atom. The van der Waals surface area contributed by atoms with Gasteiger partial charge in [-0.3, -0.25) is 0 Å². The minimum absolute atomic E-state index is 0. The fourth-order valence-corrected chi connectivity index (χ4v) is 0.534. The average molecular weight is 241 g/mol. The van der Waals surface area contributed by atoms with Gasteiger partial charge < -0.3 is 10.6 Å². The van der Waals surface area contributed by atoms with Gasteiger partial charge in [-0.1, -0.05) is 35.9 Å². The van der Waals surface area contributed by atoms with Gasteiger partial charge >= 0.3 is 0 Å². The zero-order valence-electron chi connectivity index (χ0n) is 8.50. The van der Waals surface area contributed by atoms with E-state index in [1.165, 1.54) is 5.56 Å². The van der Waals surface area contributed by atoms with Crippen molar-refractivity contribution in [3.8, 4) is 0 Å². The first-order valence-electron chi connectivity index (χ1n) is 3.97. The van der Waals surface area contributed by atoms with E-state index in [2.05, 4.69) is 19.1 Å². The van der Waals surface area contributed by atoms with Crippen molar-refractivity contribution in [3.05, 3.63) is 35.9 Å². The first kappa shape index (κ1) is 19.3. The molecule has 4 heteroatoms. The smallest absolute Gasteiger partial charge is 0.0967 e. The summed E-state index contributed by atoms with van der Waals surface area (Å²) in [6.07, 6.45) is 0. The van der Waals surface area contributed by atoms with Gasteiger partial charge in [0, 0.05) is 6.61 Å². The molecule has 0 saturated heterocycles. The Balaban J connectivity index is -0.000000150. The second-order valence-electron chi connectivity index (χ2n) is 2.07. The highest BCUT2D eigenvalue weighted by Crippen LogP contribution is 1.92. The number of hydrogen-bond acceptors (Lipinski definition) is 1. The van der Waals surface area contributed by atoms with E-state index >= 15 is 0 Å². The van der Waals surface area contributed by atoms with Gasteiger partial charge in [0.25, 0.3) is 0 Å². The molecule has 0 spiro atoms. The second kappa shape index (κ2) is 18.5. The summed E-state index contributed by atoms with van der Waals surface area (Å²) in [5.74, 6) is 0. The molecular formula is C10H18Cl2O2. The Morgan fingerprint density at radius 2 is 1.43 bits per heavy atom. The lowest BCUT2D eigenvalue weighted by Gasteiger charge is -1.82. The van der Waals surface area contributed by atoms with Crippen LogP contribution in [-0.2, 0) is 0 Å². The number of aliphatic hydroxyl groups excluding tert-OH is 1. The maximum atomic E-state index is 7.57. The number of halogens is 2. The average Bonchev–Trinajstić information content (AvgIpc) is 2.08. The molecule has 0 unspecified atom stereocenters. The molecule has 0 heterocycles. The fourth-order valence-electron chi connectivity index (χ4n) is 0.534. The molecule has 0 aliphatic heterocycles. The summed E-state index contributed by atoms with van der Waals surface area (Å²) < 4.78 is 0. The molecule has 0 radical (unpaired) electrons. The molecule has 0 aliphatic rings. The molecule has 1 aromatic rings. The van der Waals surface area contributed by atoms with Crippen molar-refractivity contribution in [2.45, 2.75) is 13.8 Å². The third-order valence-electron chi connectivity index (χ3n) is 0.940. The summed E-state index contributed by atoms with van der Waals surface area (Å²) in [5, 5.41) is 7.76.